The van der Waals surface area contributed by atoms with Gasteiger partial charge in [0.25, 0.3) is 0 Å². The van der Waals surface area contributed by atoms with Crippen LogP contribution < -0.4 is 0 Å². The number of aryl methyl sites for hydroxylation is 2. The number of hydrogen-bond donors (Lipinski definition) is 0. The Bertz CT molecular complexity index is 599. The minimum Gasteiger partial charge on any atom is -0.348 e. The van der Waals surface area contributed by atoms with Crippen molar-refractivity contribution in [1.82, 2.24) is 4.57 Å². The lowest BCUT2D eigenvalue weighted by Crippen LogP contribution is -2.12. The van der Waals surface area contributed by atoms with Gasteiger partial charge in [-0.2, -0.15) is 0 Å². The molecule has 0 radical (unpaired) electrons. The fraction of sp³-hybridized carbons (Fsp3) is 0.353. The predicted molar refractivity (Wildman–Crippen MR) is 83.7 cm³/mol. The van der Waals surface area contributed by atoms with E-state index in [4.69, 9.17) is 11.6 Å². The normalized spacial score (nSPS) is 12.4. The molecule has 1 aromatic heterocycles. The van der Waals surface area contributed by atoms with Gasteiger partial charge in [0.2, 0.25) is 0 Å². The van der Waals surface area contributed by atoms with E-state index in [2.05, 4.69) is 28.8 Å². The Kier molecular flexibility index (Phi) is 4.66. The van der Waals surface area contributed by atoms with Crippen molar-refractivity contribution < 1.29 is 4.79 Å². The quantitative estimate of drug-likeness (QED) is 0.598. The summed E-state index contributed by atoms with van der Waals surface area (Å²) in [4.78, 5) is 12.1. The van der Waals surface area contributed by atoms with Crippen LogP contribution in [0.5, 0.6) is 0 Å². The van der Waals surface area contributed by atoms with Crippen molar-refractivity contribution in [1.29, 1.82) is 0 Å². The number of carbonyl (C=O) groups excluding carboxylic acids is 1. The van der Waals surface area contributed by atoms with E-state index in [-0.39, 0.29) is 5.78 Å². The van der Waals surface area contributed by atoms with Gasteiger partial charge in [0, 0.05) is 23.5 Å². The number of alkyl halides is 1. The summed E-state index contributed by atoms with van der Waals surface area (Å²) in [7, 11) is 0. The smallest absolute Gasteiger partial charge is 0.182 e. The van der Waals surface area contributed by atoms with Crippen LogP contribution in [0.15, 0.2) is 36.4 Å². The van der Waals surface area contributed by atoms with E-state index >= 15 is 0 Å². The van der Waals surface area contributed by atoms with Crippen LogP contribution in [0.2, 0.25) is 0 Å². The van der Waals surface area contributed by atoms with Gasteiger partial charge in [-0.25, -0.2) is 0 Å². The summed E-state index contributed by atoms with van der Waals surface area (Å²) in [6.45, 7) is 6.63. The molecule has 0 amide bonds. The second kappa shape index (κ2) is 6.27. The maximum absolute atomic E-state index is 12.1. The summed E-state index contributed by atoms with van der Waals surface area (Å²) in [6.07, 6.45) is 0.960. The Morgan fingerprint density at radius 1 is 1.25 bits per heavy atom. The third-order valence-corrected chi connectivity index (χ3v) is 3.87. The van der Waals surface area contributed by atoms with Crippen LogP contribution in [0.3, 0.4) is 0 Å². The molecule has 0 aliphatic rings. The molecule has 1 aromatic carbocycles. The minimum atomic E-state index is -0.474. The van der Waals surface area contributed by atoms with E-state index in [0.717, 1.165) is 29.9 Å². The first-order valence-electron chi connectivity index (χ1n) is 6.89. The van der Waals surface area contributed by atoms with Crippen molar-refractivity contribution in [2.75, 3.05) is 0 Å². The lowest BCUT2D eigenvalue weighted by atomic mass is 10.1. The average Bonchev–Trinajstić information content (AvgIpc) is 2.72. The second-order valence-corrected chi connectivity index (χ2v) is 5.81. The topological polar surface area (TPSA) is 22.0 Å². The maximum atomic E-state index is 12.1. The monoisotopic (exact) mass is 289 g/mol. The first-order chi connectivity index (χ1) is 9.50. The molecule has 0 fully saturated rings. The van der Waals surface area contributed by atoms with E-state index in [9.17, 15) is 4.79 Å². The van der Waals surface area contributed by atoms with Crippen LogP contribution >= 0.6 is 11.6 Å². The fourth-order valence-electron chi connectivity index (χ4n) is 2.49. The predicted octanol–water partition coefficient (Wildman–Crippen LogP) is 4.16. The van der Waals surface area contributed by atoms with Crippen molar-refractivity contribution >= 4 is 17.4 Å². The molecular formula is C17H20ClNO. The van der Waals surface area contributed by atoms with E-state index < -0.39 is 5.38 Å². The molecule has 20 heavy (non-hydrogen) atoms. The Balaban J connectivity index is 2.19. The molecule has 0 saturated heterocycles. The number of carbonyl (C=O) groups is 1. The minimum absolute atomic E-state index is 0.00530. The molecule has 3 heteroatoms. The number of ketones is 1. The number of benzene rings is 1. The Labute approximate surface area is 125 Å². The van der Waals surface area contributed by atoms with E-state index in [1.165, 1.54) is 5.56 Å². The molecule has 2 nitrogen and oxygen atoms in total. The molecule has 0 aliphatic heterocycles. The molecule has 0 aliphatic carbocycles. The van der Waals surface area contributed by atoms with Gasteiger partial charge in [0.15, 0.2) is 5.78 Å². The van der Waals surface area contributed by atoms with Crippen LogP contribution in [0.4, 0.5) is 0 Å². The standard InChI is InChI=1S/C17H20ClNO/c1-12-11-16(17(20)13(2)18)14(3)19(12)10-9-15-7-5-4-6-8-15/h4-8,11,13H,9-10H2,1-3H3. The van der Waals surface area contributed by atoms with E-state index in [1.807, 2.05) is 26.0 Å². The van der Waals surface area contributed by atoms with Crippen molar-refractivity contribution in [3.05, 3.63) is 58.9 Å². The zero-order valence-electron chi connectivity index (χ0n) is 12.2. The number of nitrogens with zero attached hydrogens (tertiary/aromatic N) is 1. The first kappa shape index (κ1) is 14.9. The van der Waals surface area contributed by atoms with Gasteiger partial charge in [0.1, 0.15) is 0 Å². The summed E-state index contributed by atoms with van der Waals surface area (Å²) < 4.78 is 2.19. The van der Waals surface area contributed by atoms with Gasteiger partial charge in [-0.15, -0.1) is 11.6 Å². The fourth-order valence-corrected chi connectivity index (χ4v) is 2.61. The number of aromatic nitrogens is 1. The van der Waals surface area contributed by atoms with Gasteiger partial charge >= 0.3 is 0 Å². The lowest BCUT2D eigenvalue weighted by Gasteiger charge is -2.10. The van der Waals surface area contributed by atoms with Crippen molar-refractivity contribution in [3.8, 4) is 0 Å². The maximum Gasteiger partial charge on any atom is 0.182 e. The molecule has 1 heterocycles. The third-order valence-electron chi connectivity index (χ3n) is 3.67. The molecule has 0 spiro atoms. The van der Waals surface area contributed by atoms with E-state index in [1.54, 1.807) is 6.92 Å². The molecule has 2 rings (SSSR count). The Morgan fingerprint density at radius 3 is 2.50 bits per heavy atom. The molecular weight excluding hydrogens is 270 g/mol. The van der Waals surface area contributed by atoms with E-state index in [0.29, 0.717) is 0 Å². The van der Waals surface area contributed by atoms with Gasteiger partial charge in [-0.3, -0.25) is 4.79 Å². The SMILES string of the molecule is Cc1cc(C(=O)C(C)Cl)c(C)n1CCc1ccccc1. The summed E-state index contributed by atoms with van der Waals surface area (Å²) in [6, 6.07) is 12.3. The molecule has 1 unspecified atom stereocenters. The highest BCUT2D eigenvalue weighted by atomic mass is 35.5. The Hall–Kier alpha value is -1.54. The van der Waals surface area contributed by atoms with Gasteiger partial charge in [-0.05, 0) is 38.8 Å². The number of Topliss-reactive ketones (excluding diaryl/α,β-unsaturated/α-hetero) is 1. The zero-order chi connectivity index (χ0) is 14.7. The number of hydrogen-bond acceptors (Lipinski definition) is 1. The molecule has 2 aromatic rings. The van der Waals surface area contributed by atoms with Crippen LogP contribution in [0.1, 0.15) is 34.2 Å². The van der Waals surface area contributed by atoms with Crippen molar-refractivity contribution in [2.24, 2.45) is 0 Å². The molecule has 0 N–H and O–H groups in total. The van der Waals surface area contributed by atoms with Crippen LogP contribution in [0.25, 0.3) is 0 Å². The summed E-state index contributed by atoms with van der Waals surface area (Å²) >= 11 is 5.91. The highest BCUT2D eigenvalue weighted by Crippen LogP contribution is 2.19. The Morgan fingerprint density at radius 2 is 1.90 bits per heavy atom. The second-order valence-electron chi connectivity index (χ2n) is 5.15. The largest absolute Gasteiger partial charge is 0.348 e. The summed E-state index contributed by atoms with van der Waals surface area (Å²) in [5.74, 6) is 0.00530. The van der Waals surface area contributed by atoms with Crippen LogP contribution in [-0.4, -0.2) is 15.7 Å². The number of rotatable bonds is 5. The van der Waals surface area contributed by atoms with Crippen molar-refractivity contribution in [2.45, 2.75) is 39.1 Å². The molecule has 106 valence electrons. The highest BCUT2D eigenvalue weighted by molar-refractivity contribution is 6.33. The third kappa shape index (κ3) is 3.13. The van der Waals surface area contributed by atoms with Gasteiger partial charge in [0.05, 0.1) is 5.38 Å². The number of halogens is 1. The molecule has 0 bridgehead atoms. The van der Waals surface area contributed by atoms with Crippen LogP contribution in [-0.2, 0) is 13.0 Å². The zero-order valence-corrected chi connectivity index (χ0v) is 12.9. The molecule has 1 atom stereocenters. The van der Waals surface area contributed by atoms with Crippen molar-refractivity contribution in [3.63, 3.8) is 0 Å². The lowest BCUT2D eigenvalue weighted by molar-refractivity contribution is 0.0991. The summed E-state index contributed by atoms with van der Waals surface area (Å²) in [5.41, 5.74) is 4.17. The highest BCUT2D eigenvalue weighted by Gasteiger charge is 2.19. The average molecular weight is 290 g/mol. The van der Waals surface area contributed by atoms with Gasteiger partial charge < -0.3 is 4.57 Å². The first-order valence-corrected chi connectivity index (χ1v) is 7.33. The van der Waals surface area contributed by atoms with Crippen LogP contribution in [0, 0.1) is 13.8 Å². The van der Waals surface area contributed by atoms with Gasteiger partial charge in [-0.1, -0.05) is 30.3 Å². The summed E-state index contributed by atoms with van der Waals surface area (Å²) in [5, 5.41) is -0.474. The molecule has 0 saturated carbocycles.